The molecule has 1 atom stereocenters. The third kappa shape index (κ3) is 5.10. The van der Waals surface area contributed by atoms with Crippen LogP contribution in [0.1, 0.15) is 34.6 Å². The molecule has 1 aliphatic rings. The van der Waals surface area contributed by atoms with E-state index in [-0.39, 0.29) is 11.9 Å². The predicted octanol–water partition coefficient (Wildman–Crippen LogP) is 3.42. The number of aromatic amines is 1. The van der Waals surface area contributed by atoms with Crippen molar-refractivity contribution in [3.63, 3.8) is 0 Å². The number of aromatic nitrogens is 2. The molecule has 0 unspecified atom stereocenters. The summed E-state index contributed by atoms with van der Waals surface area (Å²) in [5.41, 5.74) is 3.45. The summed E-state index contributed by atoms with van der Waals surface area (Å²) in [6, 6.07) is 15.0. The lowest BCUT2D eigenvalue weighted by Gasteiger charge is -2.17. The number of likely N-dealkylation sites (tertiary alicyclic amines) is 1. The van der Waals surface area contributed by atoms with E-state index in [4.69, 9.17) is 21.6 Å². The fourth-order valence-electron chi connectivity index (χ4n) is 3.89. The molecule has 7 nitrogen and oxygen atoms in total. The van der Waals surface area contributed by atoms with Gasteiger partial charge in [-0.2, -0.15) is 5.26 Å². The molecule has 0 radical (unpaired) electrons. The maximum atomic E-state index is 12.7. The Morgan fingerprint density at radius 1 is 1.31 bits per heavy atom. The van der Waals surface area contributed by atoms with E-state index in [9.17, 15) is 4.79 Å². The highest BCUT2D eigenvalue weighted by atomic mass is 35.5. The quantitative estimate of drug-likeness (QED) is 0.549. The van der Waals surface area contributed by atoms with Crippen LogP contribution in [-0.4, -0.2) is 40.5 Å². The van der Waals surface area contributed by atoms with Crippen LogP contribution >= 0.6 is 11.6 Å². The number of hydrogen-bond acceptors (Lipinski definition) is 5. The number of ether oxygens (including phenoxy) is 1. The zero-order valence-electron chi connectivity index (χ0n) is 17.8. The number of imidazole rings is 1. The number of halogens is 1. The minimum absolute atomic E-state index is 0.106. The van der Waals surface area contributed by atoms with E-state index >= 15 is 0 Å². The standard InChI is InChI=1S/C24H24ClN5O2/c1-32-22-10-16(5-6-18(22)12-26)11-23-28-14-20(29-23)13-27-21-7-8-30(24(21)31)15-17-3-2-4-19(25)9-17/h2-6,9-10,14,21,27H,7-8,11,13,15H2,1H3,(H,28,29)/t21-/m1/s1. The molecule has 2 heterocycles. The fourth-order valence-corrected chi connectivity index (χ4v) is 4.10. The number of nitrogens with one attached hydrogen (secondary N) is 2. The second-order valence-electron chi connectivity index (χ2n) is 7.79. The molecule has 8 heteroatoms. The number of hydrogen-bond donors (Lipinski definition) is 2. The van der Waals surface area contributed by atoms with Gasteiger partial charge in [0.1, 0.15) is 17.6 Å². The minimum atomic E-state index is -0.205. The number of nitrogens with zero attached hydrogens (tertiary/aromatic N) is 3. The lowest BCUT2D eigenvalue weighted by atomic mass is 10.1. The molecule has 4 rings (SSSR count). The summed E-state index contributed by atoms with van der Waals surface area (Å²) in [5.74, 6) is 1.48. The molecule has 0 saturated carbocycles. The van der Waals surface area contributed by atoms with E-state index in [0.717, 1.165) is 35.6 Å². The van der Waals surface area contributed by atoms with E-state index < -0.39 is 0 Å². The minimum Gasteiger partial charge on any atom is -0.495 e. The van der Waals surface area contributed by atoms with Crippen molar-refractivity contribution >= 4 is 17.5 Å². The van der Waals surface area contributed by atoms with E-state index in [2.05, 4.69) is 21.4 Å². The number of H-pyrrole nitrogens is 1. The highest BCUT2D eigenvalue weighted by Crippen LogP contribution is 2.21. The molecule has 32 heavy (non-hydrogen) atoms. The van der Waals surface area contributed by atoms with Gasteiger partial charge < -0.3 is 19.9 Å². The molecule has 1 aliphatic heterocycles. The van der Waals surface area contributed by atoms with Crippen LogP contribution in [0, 0.1) is 11.3 Å². The Labute approximate surface area is 192 Å². The largest absolute Gasteiger partial charge is 0.495 e. The summed E-state index contributed by atoms with van der Waals surface area (Å²) in [4.78, 5) is 22.4. The smallest absolute Gasteiger partial charge is 0.240 e. The van der Waals surface area contributed by atoms with Crippen molar-refractivity contribution in [1.82, 2.24) is 20.2 Å². The van der Waals surface area contributed by atoms with Crippen LogP contribution in [0.5, 0.6) is 5.75 Å². The van der Waals surface area contributed by atoms with E-state index in [1.807, 2.05) is 41.3 Å². The van der Waals surface area contributed by atoms with Gasteiger partial charge in [-0.1, -0.05) is 29.8 Å². The van der Waals surface area contributed by atoms with E-state index in [0.29, 0.717) is 35.8 Å². The van der Waals surface area contributed by atoms with Crippen LogP contribution in [0.3, 0.4) is 0 Å². The summed E-state index contributed by atoms with van der Waals surface area (Å²) in [7, 11) is 1.55. The van der Waals surface area contributed by atoms with E-state index in [1.54, 1.807) is 19.4 Å². The summed E-state index contributed by atoms with van der Waals surface area (Å²) in [5, 5.41) is 13.1. The molecule has 2 N–H and O–H groups in total. The van der Waals surface area contributed by atoms with Crippen molar-refractivity contribution < 1.29 is 9.53 Å². The number of carbonyl (C=O) groups excluding carboxylic acids is 1. The van der Waals surface area contributed by atoms with Crippen LogP contribution in [0.25, 0.3) is 0 Å². The van der Waals surface area contributed by atoms with Crippen molar-refractivity contribution in [1.29, 1.82) is 5.26 Å². The number of nitriles is 1. The van der Waals surface area contributed by atoms with Gasteiger partial charge >= 0.3 is 0 Å². The van der Waals surface area contributed by atoms with Gasteiger partial charge in [-0.3, -0.25) is 4.79 Å². The van der Waals surface area contributed by atoms with Gasteiger partial charge in [0.05, 0.1) is 18.7 Å². The monoisotopic (exact) mass is 449 g/mol. The van der Waals surface area contributed by atoms with Gasteiger partial charge in [-0.05, 0) is 41.8 Å². The Morgan fingerprint density at radius 2 is 2.19 bits per heavy atom. The summed E-state index contributed by atoms with van der Waals surface area (Å²) in [6.45, 7) is 1.82. The van der Waals surface area contributed by atoms with Crippen molar-refractivity contribution in [2.75, 3.05) is 13.7 Å². The molecule has 1 aromatic heterocycles. The summed E-state index contributed by atoms with van der Waals surface area (Å²) in [6.07, 6.45) is 3.15. The first-order valence-electron chi connectivity index (χ1n) is 10.4. The van der Waals surface area contributed by atoms with Crippen molar-refractivity contribution in [2.24, 2.45) is 0 Å². The molecule has 1 fully saturated rings. The molecule has 0 aliphatic carbocycles. The Kier molecular flexibility index (Phi) is 6.74. The van der Waals surface area contributed by atoms with Crippen molar-refractivity contribution in [3.8, 4) is 11.8 Å². The zero-order valence-corrected chi connectivity index (χ0v) is 18.5. The van der Waals surface area contributed by atoms with Gasteiger partial charge in [0, 0.05) is 43.0 Å². The fraction of sp³-hybridized carbons (Fsp3) is 0.292. The molecule has 1 amide bonds. The number of rotatable bonds is 8. The van der Waals surface area contributed by atoms with Crippen molar-refractivity contribution in [2.45, 2.75) is 32.0 Å². The van der Waals surface area contributed by atoms with Crippen LogP contribution in [0.15, 0.2) is 48.7 Å². The molecular weight excluding hydrogens is 426 g/mol. The first-order chi connectivity index (χ1) is 15.6. The number of amides is 1. The number of benzene rings is 2. The molecule has 0 bridgehead atoms. The van der Waals surface area contributed by atoms with Gasteiger partial charge in [-0.25, -0.2) is 4.98 Å². The van der Waals surface area contributed by atoms with Gasteiger partial charge in [0.2, 0.25) is 5.91 Å². The molecule has 2 aromatic carbocycles. The normalized spacial score (nSPS) is 15.7. The Morgan fingerprint density at radius 3 is 2.97 bits per heavy atom. The number of carbonyl (C=O) groups is 1. The van der Waals surface area contributed by atoms with Gasteiger partial charge in [-0.15, -0.1) is 0 Å². The highest BCUT2D eigenvalue weighted by Gasteiger charge is 2.31. The second kappa shape index (κ2) is 9.86. The summed E-state index contributed by atoms with van der Waals surface area (Å²) >= 11 is 6.05. The second-order valence-corrected chi connectivity index (χ2v) is 8.23. The molecule has 1 saturated heterocycles. The van der Waals surface area contributed by atoms with Gasteiger partial charge in [0.25, 0.3) is 0 Å². The Bertz CT molecular complexity index is 1150. The predicted molar refractivity (Wildman–Crippen MR) is 121 cm³/mol. The van der Waals surface area contributed by atoms with Crippen LogP contribution < -0.4 is 10.1 Å². The van der Waals surface area contributed by atoms with Crippen LogP contribution in [-0.2, 0) is 24.3 Å². The van der Waals surface area contributed by atoms with Gasteiger partial charge in [0.15, 0.2) is 0 Å². The average molecular weight is 450 g/mol. The molecular formula is C24H24ClN5O2. The molecule has 3 aromatic rings. The molecule has 0 spiro atoms. The maximum Gasteiger partial charge on any atom is 0.240 e. The van der Waals surface area contributed by atoms with Crippen molar-refractivity contribution in [3.05, 3.63) is 81.9 Å². The first kappa shape index (κ1) is 21.9. The third-order valence-corrected chi connectivity index (χ3v) is 5.77. The zero-order chi connectivity index (χ0) is 22.5. The van der Waals surface area contributed by atoms with Crippen LogP contribution in [0.2, 0.25) is 5.02 Å². The van der Waals surface area contributed by atoms with E-state index in [1.165, 1.54) is 0 Å². The topological polar surface area (TPSA) is 94.0 Å². The third-order valence-electron chi connectivity index (χ3n) is 5.54. The van der Waals surface area contributed by atoms with Crippen LogP contribution in [0.4, 0.5) is 0 Å². The average Bonchev–Trinajstić information content (AvgIpc) is 3.38. The maximum absolute atomic E-state index is 12.7. The first-order valence-corrected chi connectivity index (χ1v) is 10.8. The Balaban J connectivity index is 1.31. The number of methoxy groups -OCH3 is 1. The SMILES string of the molecule is COc1cc(Cc2ncc(CN[C@@H]3CCN(Cc4cccc(Cl)c4)C3=O)[nH]2)ccc1C#N. The Hall–Kier alpha value is -3.34. The summed E-state index contributed by atoms with van der Waals surface area (Å²) < 4.78 is 5.27. The highest BCUT2D eigenvalue weighted by molar-refractivity contribution is 6.30. The lowest BCUT2D eigenvalue weighted by molar-refractivity contribution is -0.129. The lowest BCUT2D eigenvalue weighted by Crippen LogP contribution is -2.37. The molecule has 164 valence electrons.